The highest BCUT2D eigenvalue weighted by Gasteiger charge is 2.15. The number of aryl methyl sites for hydroxylation is 2. The van der Waals surface area contributed by atoms with E-state index in [1.165, 1.54) is 0 Å². The number of amides is 2. The van der Waals surface area contributed by atoms with Crippen LogP contribution in [0.4, 0.5) is 5.82 Å². The molecule has 0 spiro atoms. The number of carbonyl (C=O) groups is 2. The minimum absolute atomic E-state index is 0.254. The maximum atomic E-state index is 12.1. The van der Waals surface area contributed by atoms with Crippen LogP contribution in [0, 0.1) is 0 Å². The molecular weight excluding hydrogens is 368 g/mol. The minimum Gasteiger partial charge on any atom is -0.361 e. The molecule has 0 aliphatic heterocycles. The number of hydrogen-bond acceptors (Lipinski definition) is 4. The molecule has 0 saturated carbocycles. The molecule has 0 unspecified atom stereocenters. The molecule has 3 N–H and O–H groups in total. The third kappa shape index (κ3) is 4.49. The molecule has 4 aromatic rings. The molecule has 0 saturated heterocycles. The van der Waals surface area contributed by atoms with Crippen molar-refractivity contribution < 1.29 is 9.59 Å². The zero-order chi connectivity index (χ0) is 20.1. The molecule has 0 atom stereocenters. The SMILES string of the molecule is O=C(NCc1cccc2cc[nH]c12)C(=O)Nc1ccn(CCc2ccncc2)n1. The molecular formula is C21H20N6O2. The molecule has 3 aromatic heterocycles. The smallest absolute Gasteiger partial charge is 0.314 e. The Kier molecular flexibility index (Phi) is 5.33. The maximum Gasteiger partial charge on any atom is 0.314 e. The van der Waals surface area contributed by atoms with Gasteiger partial charge in [-0.1, -0.05) is 18.2 Å². The normalized spacial score (nSPS) is 10.8. The summed E-state index contributed by atoms with van der Waals surface area (Å²) in [5.74, 6) is -1.12. The van der Waals surface area contributed by atoms with Gasteiger partial charge in [0.1, 0.15) is 0 Å². The van der Waals surface area contributed by atoms with Gasteiger partial charge in [-0.05, 0) is 41.1 Å². The van der Waals surface area contributed by atoms with Gasteiger partial charge in [0.15, 0.2) is 5.82 Å². The second kappa shape index (κ2) is 8.39. The van der Waals surface area contributed by atoms with E-state index in [4.69, 9.17) is 0 Å². The summed E-state index contributed by atoms with van der Waals surface area (Å²) in [6, 6.07) is 13.3. The van der Waals surface area contributed by atoms with Crippen LogP contribution in [0.25, 0.3) is 10.9 Å². The van der Waals surface area contributed by atoms with E-state index in [1.807, 2.05) is 42.6 Å². The van der Waals surface area contributed by atoms with Crippen LogP contribution in [0.5, 0.6) is 0 Å². The van der Waals surface area contributed by atoms with Crippen molar-refractivity contribution in [3.05, 3.63) is 78.4 Å². The number of H-pyrrole nitrogens is 1. The largest absolute Gasteiger partial charge is 0.361 e. The van der Waals surface area contributed by atoms with E-state index in [1.54, 1.807) is 29.3 Å². The number of pyridine rings is 1. The highest BCUT2D eigenvalue weighted by atomic mass is 16.2. The lowest BCUT2D eigenvalue weighted by Gasteiger charge is -2.06. The standard InChI is InChI=1S/C21H20N6O2/c28-20(24-14-17-3-1-2-16-6-11-23-19(16)17)21(29)25-18-8-13-27(26-18)12-7-15-4-9-22-10-5-15/h1-6,8-11,13,23H,7,12,14H2,(H,24,28)(H,25,26,29). The van der Waals surface area contributed by atoms with Crippen LogP contribution < -0.4 is 10.6 Å². The van der Waals surface area contributed by atoms with Gasteiger partial charge in [0.25, 0.3) is 0 Å². The van der Waals surface area contributed by atoms with Gasteiger partial charge in [-0.15, -0.1) is 0 Å². The predicted octanol–water partition coefficient (Wildman–Crippen LogP) is 2.26. The molecule has 0 bridgehead atoms. The van der Waals surface area contributed by atoms with Gasteiger partial charge < -0.3 is 15.6 Å². The maximum absolute atomic E-state index is 12.1. The van der Waals surface area contributed by atoms with Crippen LogP contribution in [-0.2, 0) is 29.1 Å². The second-order valence-electron chi connectivity index (χ2n) is 6.57. The predicted molar refractivity (Wildman–Crippen MR) is 109 cm³/mol. The number of nitrogens with one attached hydrogen (secondary N) is 3. The van der Waals surface area contributed by atoms with Crippen LogP contribution in [-0.4, -0.2) is 31.6 Å². The Morgan fingerprint density at radius 2 is 1.90 bits per heavy atom. The Morgan fingerprint density at radius 1 is 1.03 bits per heavy atom. The molecule has 0 aliphatic rings. The van der Waals surface area contributed by atoms with Gasteiger partial charge >= 0.3 is 11.8 Å². The van der Waals surface area contributed by atoms with Crippen LogP contribution in [0.2, 0.25) is 0 Å². The topological polar surface area (TPSA) is 105 Å². The molecule has 8 nitrogen and oxygen atoms in total. The summed E-state index contributed by atoms with van der Waals surface area (Å²) >= 11 is 0. The summed E-state index contributed by atoms with van der Waals surface area (Å²) in [4.78, 5) is 31.4. The molecule has 8 heteroatoms. The molecule has 0 radical (unpaired) electrons. The lowest BCUT2D eigenvalue weighted by Crippen LogP contribution is -2.35. The zero-order valence-electron chi connectivity index (χ0n) is 15.6. The fourth-order valence-corrected chi connectivity index (χ4v) is 3.07. The van der Waals surface area contributed by atoms with Gasteiger partial charge in [-0.25, -0.2) is 0 Å². The number of nitrogens with zero attached hydrogens (tertiary/aromatic N) is 3. The summed E-state index contributed by atoms with van der Waals surface area (Å²) in [7, 11) is 0. The van der Waals surface area contributed by atoms with E-state index in [9.17, 15) is 9.59 Å². The zero-order valence-corrected chi connectivity index (χ0v) is 15.6. The van der Waals surface area contributed by atoms with Gasteiger partial charge in [-0.2, -0.15) is 5.10 Å². The Labute approximate surface area is 167 Å². The number of carbonyl (C=O) groups excluding carboxylic acids is 2. The Bertz CT molecular complexity index is 1130. The van der Waals surface area contributed by atoms with Crippen molar-refractivity contribution in [2.75, 3.05) is 5.32 Å². The third-order valence-corrected chi connectivity index (χ3v) is 4.58. The number of para-hydroxylation sites is 1. The fraction of sp³-hybridized carbons (Fsp3) is 0.143. The van der Waals surface area contributed by atoms with Gasteiger partial charge in [-0.3, -0.25) is 19.3 Å². The summed E-state index contributed by atoms with van der Waals surface area (Å²) in [5, 5.41) is 10.5. The molecule has 0 aliphatic carbocycles. The number of rotatable bonds is 6. The van der Waals surface area contributed by atoms with E-state index in [0.717, 1.165) is 28.5 Å². The highest BCUT2D eigenvalue weighted by molar-refractivity contribution is 6.39. The number of benzene rings is 1. The fourth-order valence-electron chi connectivity index (χ4n) is 3.07. The van der Waals surface area contributed by atoms with E-state index < -0.39 is 11.8 Å². The first kappa shape index (κ1) is 18.4. The average Bonchev–Trinajstić information content (AvgIpc) is 3.40. The lowest BCUT2D eigenvalue weighted by molar-refractivity contribution is -0.136. The minimum atomic E-state index is -0.747. The number of hydrogen-bond donors (Lipinski definition) is 3. The van der Waals surface area contributed by atoms with Crippen molar-refractivity contribution in [3.63, 3.8) is 0 Å². The van der Waals surface area contributed by atoms with Crippen LogP contribution in [0.3, 0.4) is 0 Å². The van der Waals surface area contributed by atoms with E-state index in [-0.39, 0.29) is 6.54 Å². The molecule has 146 valence electrons. The number of fused-ring (bicyclic) bond motifs is 1. The number of anilines is 1. The van der Waals surface area contributed by atoms with Gasteiger partial charge in [0.05, 0.1) is 5.52 Å². The average molecular weight is 388 g/mol. The molecule has 29 heavy (non-hydrogen) atoms. The van der Waals surface area contributed by atoms with Crippen molar-refractivity contribution in [2.24, 2.45) is 0 Å². The van der Waals surface area contributed by atoms with Crippen molar-refractivity contribution in [2.45, 2.75) is 19.5 Å². The number of aromatic nitrogens is 4. The number of aromatic amines is 1. The summed E-state index contributed by atoms with van der Waals surface area (Å²) in [6.07, 6.45) is 7.90. The Morgan fingerprint density at radius 3 is 2.76 bits per heavy atom. The van der Waals surface area contributed by atoms with Crippen molar-refractivity contribution in [1.82, 2.24) is 25.1 Å². The molecule has 2 amide bonds. The van der Waals surface area contributed by atoms with E-state index in [0.29, 0.717) is 12.4 Å². The Hall–Kier alpha value is -3.94. The van der Waals surface area contributed by atoms with E-state index in [2.05, 4.69) is 25.7 Å². The second-order valence-corrected chi connectivity index (χ2v) is 6.57. The quantitative estimate of drug-likeness (QED) is 0.441. The van der Waals surface area contributed by atoms with Crippen molar-refractivity contribution >= 4 is 28.5 Å². The summed E-state index contributed by atoms with van der Waals surface area (Å²) in [5.41, 5.74) is 3.01. The van der Waals surface area contributed by atoms with Crippen LogP contribution >= 0.6 is 0 Å². The van der Waals surface area contributed by atoms with Gasteiger partial charge in [0, 0.05) is 43.9 Å². The first-order chi connectivity index (χ1) is 14.2. The monoisotopic (exact) mass is 388 g/mol. The highest BCUT2D eigenvalue weighted by Crippen LogP contribution is 2.16. The molecule has 4 rings (SSSR count). The van der Waals surface area contributed by atoms with Crippen LogP contribution in [0.15, 0.2) is 67.3 Å². The first-order valence-electron chi connectivity index (χ1n) is 9.25. The van der Waals surface area contributed by atoms with Gasteiger partial charge in [0.2, 0.25) is 0 Å². The summed E-state index contributed by atoms with van der Waals surface area (Å²) < 4.78 is 1.72. The van der Waals surface area contributed by atoms with Crippen molar-refractivity contribution in [3.8, 4) is 0 Å². The van der Waals surface area contributed by atoms with Crippen molar-refractivity contribution in [1.29, 1.82) is 0 Å². The first-order valence-corrected chi connectivity index (χ1v) is 9.25. The summed E-state index contributed by atoms with van der Waals surface area (Å²) in [6.45, 7) is 0.913. The molecule has 3 heterocycles. The Balaban J connectivity index is 1.29. The van der Waals surface area contributed by atoms with E-state index >= 15 is 0 Å². The molecule has 0 fully saturated rings. The van der Waals surface area contributed by atoms with Crippen LogP contribution in [0.1, 0.15) is 11.1 Å². The lowest BCUT2D eigenvalue weighted by atomic mass is 10.1. The third-order valence-electron chi connectivity index (χ3n) is 4.58. The molecule has 1 aromatic carbocycles.